The number of rotatable bonds is 4. The summed E-state index contributed by atoms with van der Waals surface area (Å²) in [5.74, 6) is 1.57. The molecule has 2 heterocycles. The molecule has 0 spiro atoms. The predicted octanol–water partition coefficient (Wildman–Crippen LogP) is 3.19. The molecule has 3 fully saturated rings. The van der Waals surface area contributed by atoms with Gasteiger partial charge < -0.3 is 14.2 Å². The van der Waals surface area contributed by atoms with Crippen LogP contribution in [-0.4, -0.2) is 42.9 Å². The van der Waals surface area contributed by atoms with Crippen molar-refractivity contribution in [1.29, 1.82) is 0 Å². The Hall–Kier alpha value is -0.835. The normalized spacial score (nSPS) is 31.6. The quantitative estimate of drug-likeness (QED) is 0.793. The topological polar surface area (TPSA) is 21.7 Å². The van der Waals surface area contributed by atoms with Crippen molar-refractivity contribution in [3.8, 4) is 0 Å². The van der Waals surface area contributed by atoms with Crippen LogP contribution in [0.1, 0.15) is 58.4 Å². The van der Waals surface area contributed by atoms with Gasteiger partial charge in [-0.1, -0.05) is 24.3 Å². The van der Waals surface area contributed by atoms with Crippen molar-refractivity contribution >= 4 is 12.6 Å². The van der Waals surface area contributed by atoms with E-state index in [0.717, 1.165) is 17.3 Å². The fourth-order valence-corrected chi connectivity index (χ4v) is 4.07. The third-order valence-corrected chi connectivity index (χ3v) is 6.48. The van der Waals surface area contributed by atoms with Crippen LogP contribution in [0.2, 0.25) is 0 Å². The zero-order chi connectivity index (χ0) is 16.9. The Labute approximate surface area is 146 Å². The highest BCUT2D eigenvalue weighted by atomic mass is 16.7. The predicted molar refractivity (Wildman–Crippen MR) is 98.7 cm³/mol. The number of benzene rings is 1. The number of hydrogen-bond acceptors (Lipinski definition) is 3. The zero-order valence-corrected chi connectivity index (χ0v) is 15.5. The first-order chi connectivity index (χ1) is 11.4. The molecule has 3 aliphatic rings. The lowest BCUT2D eigenvalue weighted by Gasteiger charge is -2.32. The molecular formula is C20H30BNO2. The van der Waals surface area contributed by atoms with Crippen LogP contribution in [0.25, 0.3) is 0 Å². The first kappa shape index (κ1) is 16.6. The molecule has 0 bridgehead atoms. The van der Waals surface area contributed by atoms with Crippen LogP contribution in [0.4, 0.5) is 0 Å². The van der Waals surface area contributed by atoms with Crippen LogP contribution >= 0.6 is 0 Å². The molecular weight excluding hydrogens is 297 g/mol. The van der Waals surface area contributed by atoms with E-state index in [-0.39, 0.29) is 18.3 Å². The fraction of sp³-hybridized carbons (Fsp3) is 0.700. The van der Waals surface area contributed by atoms with Crippen LogP contribution in [0.15, 0.2) is 24.3 Å². The minimum Gasteiger partial charge on any atom is -0.399 e. The van der Waals surface area contributed by atoms with E-state index in [1.54, 1.807) is 0 Å². The Kier molecular flexibility index (Phi) is 4.06. The molecule has 2 saturated heterocycles. The van der Waals surface area contributed by atoms with E-state index in [0.29, 0.717) is 0 Å². The molecule has 1 aromatic rings. The monoisotopic (exact) mass is 327 g/mol. The lowest BCUT2D eigenvalue weighted by molar-refractivity contribution is 0.00578. The van der Waals surface area contributed by atoms with Crippen molar-refractivity contribution in [1.82, 2.24) is 4.90 Å². The van der Waals surface area contributed by atoms with Gasteiger partial charge in [0, 0.05) is 6.54 Å². The van der Waals surface area contributed by atoms with Gasteiger partial charge in [0.2, 0.25) is 0 Å². The van der Waals surface area contributed by atoms with Crippen molar-refractivity contribution in [2.75, 3.05) is 19.6 Å². The Morgan fingerprint density at radius 1 is 1.08 bits per heavy atom. The van der Waals surface area contributed by atoms with Gasteiger partial charge in [-0.3, -0.25) is 0 Å². The molecule has 0 aromatic heterocycles. The Balaban J connectivity index is 1.44. The summed E-state index contributed by atoms with van der Waals surface area (Å²) in [5.41, 5.74) is 2.08. The third kappa shape index (κ3) is 3.04. The molecule has 3 nitrogen and oxygen atoms in total. The maximum absolute atomic E-state index is 6.21. The van der Waals surface area contributed by atoms with Crippen molar-refractivity contribution in [3.63, 3.8) is 0 Å². The lowest BCUT2D eigenvalue weighted by atomic mass is 9.78. The number of likely N-dealkylation sites (tertiary alicyclic amines) is 1. The summed E-state index contributed by atoms with van der Waals surface area (Å²) in [4.78, 5) is 2.64. The second-order valence-electron chi connectivity index (χ2n) is 8.87. The van der Waals surface area contributed by atoms with Gasteiger partial charge in [0.1, 0.15) is 0 Å². The highest BCUT2D eigenvalue weighted by molar-refractivity contribution is 6.62. The van der Waals surface area contributed by atoms with Gasteiger partial charge >= 0.3 is 7.12 Å². The van der Waals surface area contributed by atoms with Gasteiger partial charge in [0.25, 0.3) is 0 Å². The molecule has 24 heavy (non-hydrogen) atoms. The maximum atomic E-state index is 6.21. The Bertz CT molecular complexity index is 593. The minimum absolute atomic E-state index is 0.245. The standard InChI is InChI=1S/C20H30BNO2/c1-19(2)20(3,4)24-21(23-19)17-9-7-8-15(12-17)18-13-16(18)14-22-10-5-6-11-22/h7-9,12,16,18H,5-6,10-11,13-14H2,1-4H3. The first-order valence-corrected chi connectivity index (χ1v) is 9.54. The fourth-order valence-electron chi connectivity index (χ4n) is 4.07. The third-order valence-electron chi connectivity index (χ3n) is 6.48. The van der Waals surface area contributed by atoms with Crippen molar-refractivity contribution in [3.05, 3.63) is 29.8 Å². The van der Waals surface area contributed by atoms with Crippen molar-refractivity contribution in [2.24, 2.45) is 5.92 Å². The SMILES string of the molecule is CC1(C)OB(c2cccc(C3CC3CN3CCCC3)c2)OC1(C)C. The smallest absolute Gasteiger partial charge is 0.399 e. The highest BCUT2D eigenvalue weighted by Gasteiger charge is 2.52. The first-order valence-electron chi connectivity index (χ1n) is 9.54. The van der Waals surface area contributed by atoms with E-state index in [4.69, 9.17) is 9.31 Å². The summed E-state index contributed by atoms with van der Waals surface area (Å²) in [7, 11) is -0.245. The molecule has 0 N–H and O–H groups in total. The van der Waals surface area contributed by atoms with Crippen molar-refractivity contribution < 1.29 is 9.31 Å². The van der Waals surface area contributed by atoms with Crippen LogP contribution in [0.3, 0.4) is 0 Å². The van der Waals surface area contributed by atoms with E-state index < -0.39 is 0 Å². The Morgan fingerprint density at radius 2 is 1.75 bits per heavy atom. The van der Waals surface area contributed by atoms with E-state index in [1.807, 2.05) is 0 Å². The van der Waals surface area contributed by atoms with Gasteiger partial charge in [0.05, 0.1) is 11.2 Å². The largest absolute Gasteiger partial charge is 0.494 e. The molecule has 0 amide bonds. The second kappa shape index (κ2) is 5.86. The summed E-state index contributed by atoms with van der Waals surface area (Å²) in [6.45, 7) is 12.3. The van der Waals surface area contributed by atoms with Crippen LogP contribution < -0.4 is 5.46 Å². The summed E-state index contributed by atoms with van der Waals surface area (Å²) in [6.07, 6.45) is 4.10. The lowest BCUT2D eigenvalue weighted by Crippen LogP contribution is -2.41. The van der Waals surface area contributed by atoms with Crippen LogP contribution in [0.5, 0.6) is 0 Å². The molecule has 1 aromatic carbocycles. The molecule has 2 atom stereocenters. The van der Waals surface area contributed by atoms with Crippen molar-refractivity contribution in [2.45, 2.75) is 64.1 Å². The summed E-state index contributed by atoms with van der Waals surface area (Å²) >= 11 is 0. The molecule has 1 aliphatic carbocycles. The average molecular weight is 327 g/mol. The van der Waals surface area contributed by atoms with Gasteiger partial charge in [-0.2, -0.15) is 0 Å². The number of nitrogens with zero attached hydrogens (tertiary/aromatic N) is 1. The molecule has 4 heteroatoms. The maximum Gasteiger partial charge on any atom is 0.494 e. The van der Waals surface area contributed by atoms with Gasteiger partial charge in [0.15, 0.2) is 0 Å². The molecule has 1 saturated carbocycles. The Morgan fingerprint density at radius 3 is 2.42 bits per heavy atom. The molecule has 2 unspecified atom stereocenters. The summed E-state index contributed by atoms with van der Waals surface area (Å²) in [5, 5.41) is 0. The molecule has 130 valence electrons. The number of hydrogen-bond donors (Lipinski definition) is 0. The van der Waals surface area contributed by atoms with Crippen LogP contribution in [0, 0.1) is 5.92 Å². The molecule has 2 aliphatic heterocycles. The van der Waals surface area contributed by atoms with Gasteiger partial charge in [-0.05, 0) is 82.9 Å². The second-order valence-corrected chi connectivity index (χ2v) is 8.87. The van der Waals surface area contributed by atoms with E-state index in [2.05, 4.69) is 56.9 Å². The van der Waals surface area contributed by atoms with Gasteiger partial charge in [-0.25, -0.2) is 0 Å². The van der Waals surface area contributed by atoms with Gasteiger partial charge in [-0.15, -0.1) is 0 Å². The summed E-state index contributed by atoms with van der Waals surface area (Å²) < 4.78 is 12.4. The summed E-state index contributed by atoms with van der Waals surface area (Å²) in [6, 6.07) is 8.91. The van der Waals surface area contributed by atoms with E-state index >= 15 is 0 Å². The zero-order valence-electron chi connectivity index (χ0n) is 15.5. The highest BCUT2D eigenvalue weighted by Crippen LogP contribution is 2.48. The van der Waals surface area contributed by atoms with Crippen LogP contribution in [-0.2, 0) is 9.31 Å². The molecule has 4 rings (SSSR count). The van der Waals surface area contributed by atoms with E-state index in [9.17, 15) is 0 Å². The average Bonchev–Trinajstić information content (AvgIpc) is 3.00. The minimum atomic E-state index is -0.272. The van der Waals surface area contributed by atoms with E-state index in [1.165, 1.54) is 44.5 Å². The molecule has 0 radical (unpaired) electrons.